The molecule has 64 valence electrons. The van der Waals surface area contributed by atoms with Crippen LogP contribution in [0.2, 0.25) is 0 Å². The summed E-state index contributed by atoms with van der Waals surface area (Å²) in [7, 11) is 0. The fourth-order valence-corrected chi connectivity index (χ4v) is 2.38. The minimum Gasteiger partial charge on any atom is -0.390 e. The molecule has 1 spiro atoms. The van der Waals surface area contributed by atoms with Gasteiger partial charge in [0, 0.05) is 0 Å². The van der Waals surface area contributed by atoms with Crippen LogP contribution >= 0.6 is 0 Å². The summed E-state index contributed by atoms with van der Waals surface area (Å²) in [5.41, 5.74) is -0.224. The third-order valence-electron chi connectivity index (χ3n) is 3.23. The van der Waals surface area contributed by atoms with Gasteiger partial charge >= 0.3 is 0 Å². The molecule has 1 saturated carbocycles. The predicted molar refractivity (Wildman–Crippen MR) is 42.4 cm³/mol. The molecule has 0 aromatic carbocycles. The smallest absolute Gasteiger partial charge is 0.123 e. The van der Waals surface area contributed by atoms with Gasteiger partial charge in [-0.2, -0.15) is 0 Å². The Bertz CT molecular complexity index is 176. The monoisotopic (exact) mass is 156 g/mol. The number of rotatable bonds is 0. The third kappa shape index (κ3) is 0.859. The Morgan fingerprint density at radius 3 is 2.36 bits per heavy atom. The van der Waals surface area contributed by atoms with E-state index in [1.807, 2.05) is 0 Å². The van der Waals surface area contributed by atoms with Crippen molar-refractivity contribution in [3.63, 3.8) is 0 Å². The van der Waals surface area contributed by atoms with Gasteiger partial charge in [0.1, 0.15) is 5.60 Å². The molecule has 1 aliphatic carbocycles. The van der Waals surface area contributed by atoms with Crippen LogP contribution in [0.1, 0.15) is 39.5 Å². The van der Waals surface area contributed by atoms with Gasteiger partial charge in [-0.25, -0.2) is 0 Å². The topological polar surface area (TPSA) is 32.8 Å². The second kappa shape index (κ2) is 1.99. The Morgan fingerprint density at radius 2 is 2.00 bits per heavy atom. The Morgan fingerprint density at radius 1 is 1.36 bits per heavy atom. The molecule has 0 aromatic rings. The molecule has 0 unspecified atom stereocenters. The van der Waals surface area contributed by atoms with Crippen LogP contribution in [-0.2, 0) is 4.74 Å². The maximum absolute atomic E-state index is 9.71. The van der Waals surface area contributed by atoms with Crippen LogP contribution in [0.15, 0.2) is 0 Å². The first-order valence-electron chi connectivity index (χ1n) is 4.47. The fourth-order valence-electron chi connectivity index (χ4n) is 2.38. The molecule has 0 radical (unpaired) electrons. The van der Waals surface area contributed by atoms with Crippen LogP contribution in [0.4, 0.5) is 0 Å². The highest BCUT2D eigenvalue weighted by atomic mass is 16.6. The molecule has 0 aromatic heterocycles. The van der Waals surface area contributed by atoms with Crippen LogP contribution < -0.4 is 0 Å². The van der Waals surface area contributed by atoms with Crippen molar-refractivity contribution in [3.05, 3.63) is 0 Å². The van der Waals surface area contributed by atoms with Crippen molar-refractivity contribution in [2.45, 2.75) is 56.8 Å². The first kappa shape index (κ1) is 7.56. The van der Waals surface area contributed by atoms with Crippen LogP contribution in [0.5, 0.6) is 0 Å². The van der Waals surface area contributed by atoms with E-state index in [1.165, 1.54) is 6.42 Å². The Labute approximate surface area is 67.6 Å². The van der Waals surface area contributed by atoms with E-state index in [0.717, 1.165) is 19.3 Å². The van der Waals surface area contributed by atoms with Gasteiger partial charge in [-0.15, -0.1) is 0 Å². The maximum Gasteiger partial charge on any atom is 0.123 e. The number of hydrogen-bond acceptors (Lipinski definition) is 2. The highest BCUT2D eigenvalue weighted by molar-refractivity contribution is 5.15. The molecular formula is C9H16O2. The van der Waals surface area contributed by atoms with E-state index in [0.29, 0.717) is 0 Å². The maximum atomic E-state index is 9.71. The normalized spacial score (nSPS) is 47.7. The number of aliphatic hydroxyl groups is 1. The van der Waals surface area contributed by atoms with Crippen molar-refractivity contribution < 1.29 is 9.84 Å². The fraction of sp³-hybridized carbons (Fsp3) is 1.00. The average molecular weight is 156 g/mol. The molecule has 1 saturated heterocycles. The quantitative estimate of drug-likeness (QED) is 0.539. The summed E-state index contributed by atoms with van der Waals surface area (Å²) in [5.74, 6) is 0. The van der Waals surface area contributed by atoms with Crippen LogP contribution in [0.25, 0.3) is 0 Å². The predicted octanol–water partition coefficient (Wildman–Crippen LogP) is 1.47. The van der Waals surface area contributed by atoms with Crippen molar-refractivity contribution >= 4 is 0 Å². The number of hydrogen-bond donors (Lipinski definition) is 1. The van der Waals surface area contributed by atoms with Crippen molar-refractivity contribution in [1.82, 2.24) is 0 Å². The van der Waals surface area contributed by atoms with Crippen molar-refractivity contribution in [2.24, 2.45) is 0 Å². The zero-order valence-corrected chi connectivity index (χ0v) is 7.26. The summed E-state index contributed by atoms with van der Waals surface area (Å²) >= 11 is 0. The molecule has 1 heterocycles. The lowest BCUT2D eigenvalue weighted by atomic mass is 9.79. The second-order valence-corrected chi connectivity index (χ2v) is 4.26. The minimum absolute atomic E-state index is 0.0627. The van der Waals surface area contributed by atoms with E-state index >= 15 is 0 Å². The number of aliphatic hydroxyl groups excluding tert-OH is 1. The molecular weight excluding hydrogens is 140 g/mol. The lowest BCUT2D eigenvalue weighted by Crippen LogP contribution is -2.38. The summed E-state index contributed by atoms with van der Waals surface area (Å²) in [6.07, 6.45) is 4.11. The van der Waals surface area contributed by atoms with Gasteiger partial charge in [-0.3, -0.25) is 0 Å². The molecule has 1 N–H and O–H groups in total. The molecule has 2 rings (SSSR count). The van der Waals surface area contributed by atoms with Crippen LogP contribution in [0.3, 0.4) is 0 Å². The Kier molecular flexibility index (Phi) is 1.37. The van der Waals surface area contributed by atoms with E-state index < -0.39 is 0 Å². The summed E-state index contributed by atoms with van der Waals surface area (Å²) < 4.78 is 5.60. The third-order valence-corrected chi connectivity index (χ3v) is 3.23. The van der Waals surface area contributed by atoms with Crippen LogP contribution in [-0.4, -0.2) is 22.4 Å². The average Bonchev–Trinajstić information content (AvgIpc) is 2.45. The molecule has 2 nitrogen and oxygen atoms in total. The summed E-state index contributed by atoms with van der Waals surface area (Å²) in [6, 6.07) is 0. The number of ether oxygens (including phenoxy) is 1. The van der Waals surface area contributed by atoms with Crippen molar-refractivity contribution in [1.29, 1.82) is 0 Å². The van der Waals surface area contributed by atoms with E-state index in [-0.39, 0.29) is 17.3 Å². The van der Waals surface area contributed by atoms with Gasteiger partial charge in [-0.05, 0) is 26.7 Å². The van der Waals surface area contributed by atoms with Crippen LogP contribution in [0, 0.1) is 0 Å². The molecule has 2 atom stereocenters. The summed E-state index contributed by atoms with van der Waals surface area (Å²) in [5, 5.41) is 9.71. The first-order chi connectivity index (χ1) is 5.08. The molecule has 1 aliphatic heterocycles. The van der Waals surface area contributed by atoms with E-state index in [4.69, 9.17) is 4.74 Å². The zero-order valence-electron chi connectivity index (χ0n) is 7.26. The van der Waals surface area contributed by atoms with Gasteiger partial charge in [0.25, 0.3) is 0 Å². The number of epoxide rings is 1. The second-order valence-electron chi connectivity index (χ2n) is 4.26. The highest BCUT2D eigenvalue weighted by Gasteiger charge is 2.67. The van der Waals surface area contributed by atoms with E-state index in [2.05, 4.69) is 13.8 Å². The molecule has 0 amide bonds. The summed E-state index contributed by atoms with van der Waals surface area (Å²) in [6.45, 7) is 4.14. The zero-order chi connectivity index (χ0) is 8.11. The standard InChI is InChI=1S/C9H16O2/c1-8(2)9(11-8)6-4-3-5-7(9)10/h7,10H,3-6H2,1-2H3/t7-,9-/m1/s1. The van der Waals surface area contributed by atoms with Gasteiger partial charge in [0.15, 0.2) is 0 Å². The first-order valence-corrected chi connectivity index (χ1v) is 4.47. The van der Waals surface area contributed by atoms with E-state index in [9.17, 15) is 5.11 Å². The summed E-state index contributed by atoms with van der Waals surface area (Å²) in [4.78, 5) is 0. The van der Waals surface area contributed by atoms with Crippen molar-refractivity contribution in [2.75, 3.05) is 0 Å². The Balaban J connectivity index is 2.13. The SMILES string of the molecule is CC1(C)O[C@@]12CCCC[C@H]2O. The molecule has 2 aliphatic rings. The van der Waals surface area contributed by atoms with Gasteiger partial charge in [-0.1, -0.05) is 12.8 Å². The molecule has 11 heavy (non-hydrogen) atoms. The Hall–Kier alpha value is -0.0800. The highest BCUT2D eigenvalue weighted by Crippen LogP contribution is 2.55. The minimum atomic E-state index is -0.216. The lowest BCUT2D eigenvalue weighted by Gasteiger charge is -2.26. The largest absolute Gasteiger partial charge is 0.390 e. The molecule has 2 fully saturated rings. The van der Waals surface area contributed by atoms with E-state index in [1.54, 1.807) is 0 Å². The van der Waals surface area contributed by atoms with Gasteiger partial charge in [0.2, 0.25) is 0 Å². The van der Waals surface area contributed by atoms with Crippen molar-refractivity contribution in [3.8, 4) is 0 Å². The molecule has 0 bridgehead atoms. The lowest BCUT2D eigenvalue weighted by molar-refractivity contribution is 0.0407. The van der Waals surface area contributed by atoms with Gasteiger partial charge in [0.05, 0.1) is 11.7 Å². The van der Waals surface area contributed by atoms with Gasteiger partial charge < -0.3 is 9.84 Å². The molecule has 2 heteroatoms.